The van der Waals surface area contributed by atoms with Gasteiger partial charge in [0, 0.05) is 0 Å². The number of aliphatic hydroxyl groups excluding tert-OH is 1. The molecule has 84 valence electrons. The van der Waals surface area contributed by atoms with Crippen molar-refractivity contribution in [1.29, 1.82) is 0 Å². The molecule has 2 nitrogen and oxygen atoms in total. The van der Waals surface area contributed by atoms with Gasteiger partial charge in [0.15, 0.2) is 0 Å². The van der Waals surface area contributed by atoms with Gasteiger partial charge in [0.25, 0.3) is 0 Å². The number of aliphatic hydroxyl groups is 1. The molecule has 0 aromatic heterocycles. The minimum Gasteiger partial charge on any atom is -0.494 e. The summed E-state index contributed by atoms with van der Waals surface area (Å²) in [6.45, 7) is 7.08. The number of benzene rings is 1. The molecule has 2 heteroatoms. The smallest absolute Gasteiger partial charge is 0.119 e. The number of hydrogen-bond acceptors (Lipinski definition) is 2. The second kappa shape index (κ2) is 5.76. The highest BCUT2D eigenvalue weighted by Gasteiger charge is 2.03. The van der Waals surface area contributed by atoms with Gasteiger partial charge in [-0.2, -0.15) is 0 Å². The minimum atomic E-state index is 0.0754. The van der Waals surface area contributed by atoms with Crippen molar-refractivity contribution in [2.24, 2.45) is 5.92 Å². The van der Waals surface area contributed by atoms with Crippen LogP contribution < -0.4 is 4.74 Å². The molecule has 0 atom stereocenters. The quantitative estimate of drug-likeness (QED) is 0.806. The highest BCUT2D eigenvalue weighted by atomic mass is 16.5. The third kappa shape index (κ3) is 3.92. The standard InChI is InChI=1S/C13H20O2/c1-4-15-13-7-11(5-10(2)3)6-12(8-13)9-14/h6-8,10,14H,4-5,9H2,1-3H3. The zero-order chi connectivity index (χ0) is 11.3. The summed E-state index contributed by atoms with van der Waals surface area (Å²) in [6.07, 6.45) is 1.02. The first-order valence-electron chi connectivity index (χ1n) is 5.52. The van der Waals surface area contributed by atoms with E-state index in [4.69, 9.17) is 9.84 Å². The van der Waals surface area contributed by atoms with Crippen LogP contribution in [0.1, 0.15) is 31.9 Å². The normalized spacial score (nSPS) is 10.7. The molecule has 0 aliphatic carbocycles. The molecule has 1 rings (SSSR count). The molecule has 0 unspecified atom stereocenters. The first-order valence-corrected chi connectivity index (χ1v) is 5.52. The van der Waals surface area contributed by atoms with Crippen LogP contribution in [-0.4, -0.2) is 11.7 Å². The SMILES string of the molecule is CCOc1cc(CO)cc(CC(C)C)c1. The molecule has 0 fully saturated rings. The van der Waals surface area contributed by atoms with Crippen molar-refractivity contribution in [2.45, 2.75) is 33.8 Å². The van der Waals surface area contributed by atoms with Crippen LogP contribution in [0.4, 0.5) is 0 Å². The summed E-state index contributed by atoms with van der Waals surface area (Å²) in [5.74, 6) is 1.48. The van der Waals surface area contributed by atoms with E-state index in [1.807, 2.05) is 19.1 Å². The lowest BCUT2D eigenvalue weighted by Gasteiger charge is -2.10. The van der Waals surface area contributed by atoms with Crippen LogP contribution in [0.2, 0.25) is 0 Å². The molecular formula is C13H20O2. The molecule has 1 aromatic carbocycles. The van der Waals surface area contributed by atoms with Crippen molar-refractivity contribution in [3.63, 3.8) is 0 Å². The van der Waals surface area contributed by atoms with E-state index in [-0.39, 0.29) is 6.61 Å². The van der Waals surface area contributed by atoms with Crippen molar-refractivity contribution in [3.05, 3.63) is 29.3 Å². The van der Waals surface area contributed by atoms with Gasteiger partial charge < -0.3 is 9.84 Å². The molecule has 0 saturated carbocycles. The Kier molecular flexibility index (Phi) is 4.63. The van der Waals surface area contributed by atoms with Gasteiger partial charge in [-0.15, -0.1) is 0 Å². The predicted molar refractivity (Wildman–Crippen MR) is 62.1 cm³/mol. The largest absolute Gasteiger partial charge is 0.494 e. The molecule has 0 spiro atoms. The third-order valence-electron chi connectivity index (χ3n) is 2.16. The fraction of sp³-hybridized carbons (Fsp3) is 0.538. The van der Waals surface area contributed by atoms with Crippen molar-refractivity contribution in [2.75, 3.05) is 6.61 Å². The van der Waals surface area contributed by atoms with E-state index in [1.54, 1.807) is 0 Å². The Morgan fingerprint density at radius 2 is 1.87 bits per heavy atom. The van der Waals surface area contributed by atoms with Gasteiger partial charge in [-0.05, 0) is 42.5 Å². The van der Waals surface area contributed by atoms with Gasteiger partial charge in [-0.25, -0.2) is 0 Å². The Hall–Kier alpha value is -1.02. The second-order valence-electron chi connectivity index (χ2n) is 4.17. The fourth-order valence-electron chi connectivity index (χ4n) is 1.66. The maximum atomic E-state index is 9.13. The van der Waals surface area contributed by atoms with Crippen LogP contribution >= 0.6 is 0 Å². The lowest BCUT2D eigenvalue weighted by molar-refractivity contribution is 0.279. The van der Waals surface area contributed by atoms with Crippen molar-refractivity contribution in [1.82, 2.24) is 0 Å². The Balaban J connectivity index is 2.89. The highest BCUT2D eigenvalue weighted by Crippen LogP contribution is 2.19. The van der Waals surface area contributed by atoms with Gasteiger partial charge >= 0.3 is 0 Å². The van der Waals surface area contributed by atoms with Gasteiger partial charge in [-0.1, -0.05) is 19.9 Å². The summed E-state index contributed by atoms with van der Waals surface area (Å²) < 4.78 is 5.46. The minimum absolute atomic E-state index is 0.0754. The van der Waals surface area contributed by atoms with E-state index in [9.17, 15) is 0 Å². The maximum Gasteiger partial charge on any atom is 0.119 e. The summed E-state index contributed by atoms with van der Waals surface area (Å²) in [6, 6.07) is 6.00. The van der Waals surface area contributed by atoms with Crippen LogP contribution in [0, 0.1) is 5.92 Å². The molecular weight excluding hydrogens is 188 g/mol. The summed E-state index contributed by atoms with van der Waals surface area (Å²) in [7, 11) is 0. The zero-order valence-corrected chi connectivity index (χ0v) is 9.79. The molecule has 15 heavy (non-hydrogen) atoms. The zero-order valence-electron chi connectivity index (χ0n) is 9.79. The maximum absolute atomic E-state index is 9.13. The van der Waals surface area contributed by atoms with Crippen LogP contribution in [0.3, 0.4) is 0 Å². The van der Waals surface area contributed by atoms with Gasteiger partial charge in [0.05, 0.1) is 13.2 Å². The number of ether oxygens (including phenoxy) is 1. The Morgan fingerprint density at radius 3 is 2.40 bits per heavy atom. The third-order valence-corrected chi connectivity index (χ3v) is 2.16. The lowest BCUT2D eigenvalue weighted by atomic mass is 10.0. The summed E-state index contributed by atoms with van der Waals surface area (Å²) >= 11 is 0. The predicted octanol–water partition coefficient (Wildman–Crippen LogP) is 2.78. The van der Waals surface area contributed by atoms with Gasteiger partial charge in [0.1, 0.15) is 5.75 Å². The molecule has 1 aromatic rings. The van der Waals surface area contributed by atoms with Crippen LogP contribution in [0.15, 0.2) is 18.2 Å². The van der Waals surface area contributed by atoms with Crippen molar-refractivity contribution < 1.29 is 9.84 Å². The molecule has 0 heterocycles. The topological polar surface area (TPSA) is 29.5 Å². The van der Waals surface area contributed by atoms with Gasteiger partial charge in [0.2, 0.25) is 0 Å². The molecule has 0 aliphatic heterocycles. The number of hydrogen-bond donors (Lipinski definition) is 1. The monoisotopic (exact) mass is 208 g/mol. The summed E-state index contributed by atoms with van der Waals surface area (Å²) in [5, 5.41) is 9.13. The van der Waals surface area contributed by atoms with E-state index in [0.717, 1.165) is 17.7 Å². The first-order chi connectivity index (χ1) is 7.15. The average molecular weight is 208 g/mol. The van der Waals surface area contributed by atoms with Crippen molar-refractivity contribution in [3.8, 4) is 5.75 Å². The summed E-state index contributed by atoms with van der Waals surface area (Å²) in [5.41, 5.74) is 2.16. The van der Waals surface area contributed by atoms with E-state index in [2.05, 4.69) is 19.9 Å². The highest BCUT2D eigenvalue weighted by molar-refractivity contribution is 5.34. The van der Waals surface area contributed by atoms with E-state index >= 15 is 0 Å². The molecule has 0 bridgehead atoms. The summed E-state index contributed by atoms with van der Waals surface area (Å²) in [4.78, 5) is 0. The van der Waals surface area contributed by atoms with Crippen LogP contribution in [0.25, 0.3) is 0 Å². The van der Waals surface area contributed by atoms with Crippen LogP contribution in [-0.2, 0) is 13.0 Å². The fourth-order valence-corrected chi connectivity index (χ4v) is 1.66. The second-order valence-corrected chi connectivity index (χ2v) is 4.17. The molecule has 0 aliphatic rings. The molecule has 0 saturated heterocycles. The van der Waals surface area contributed by atoms with Crippen LogP contribution in [0.5, 0.6) is 5.75 Å². The number of rotatable bonds is 5. The molecule has 0 amide bonds. The van der Waals surface area contributed by atoms with Gasteiger partial charge in [-0.3, -0.25) is 0 Å². The van der Waals surface area contributed by atoms with E-state index in [1.165, 1.54) is 5.56 Å². The lowest BCUT2D eigenvalue weighted by Crippen LogP contribution is -1.99. The van der Waals surface area contributed by atoms with Crippen molar-refractivity contribution >= 4 is 0 Å². The Bertz CT molecular complexity index is 305. The molecule has 0 radical (unpaired) electrons. The van der Waals surface area contributed by atoms with E-state index < -0.39 is 0 Å². The van der Waals surface area contributed by atoms with E-state index in [0.29, 0.717) is 12.5 Å². The average Bonchev–Trinajstić information content (AvgIpc) is 2.16. The Labute approximate surface area is 91.9 Å². The molecule has 1 N–H and O–H groups in total. The first kappa shape index (κ1) is 12.1. The Morgan fingerprint density at radius 1 is 1.20 bits per heavy atom.